The first-order valence-corrected chi connectivity index (χ1v) is 7.06. The molecule has 0 fully saturated rings. The van der Waals surface area contributed by atoms with Gasteiger partial charge in [-0.25, -0.2) is 4.39 Å². The minimum atomic E-state index is -0.451. The van der Waals surface area contributed by atoms with Gasteiger partial charge in [0.05, 0.1) is 5.56 Å². The van der Waals surface area contributed by atoms with Crippen LogP contribution < -0.4 is 4.90 Å². The Morgan fingerprint density at radius 1 is 1.14 bits per heavy atom. The summed E-state index contributed by atoms with van der Waals surface area (Å²) in [6.07, 6.45) is 0. The van der Waals surface area contributed by atoms with Crippen molar-refractivity contribution >= 4 is 11.5 Å². The Morgan fingerprint density at radius 2 is 1.76 bits per heavy atom. The summed E-state index contributed by atoms with van der Waals surface area (Å²) in [5.74, 6) is -0.882. The zero-order chi connectivity index (χ0) is 15.4. The number of benzene rings is 2. The number of hydrogen-bond donors (Lipinski definition) is 0. The standard InChI is InChI=1S/C18H20FNO/c1-13-8-4-7-11-17(13)20(3)12-14(2)18(21)15-9-5-6-10-16(15)19/h4-11,14H,12H2,1-3H3. The molecule has 0 heterocycles. The lowest BCUT2D eigenvalue weighted by Gasteiger charge is -2.24. The SMILES string of the molecule is Cc1ccccc1N(C)CC(C)C(=O)c1ccccc1F. The van der Waals surface area contributed by atoms with Crippen molar-refractivity contribution in [2.24, 2.45) is 5.92 Å². The van der Waals surface area contributed by atoms with Crippen molar-refractivity contribution in [3.8, 4) is 0 Å². The smallest absolute Gasteiger partial charge is 0.170 e. The molecule has 0 spiro atoms. The van der Waals surface area contributed by atoms with Crippen molar-refractivity contribution in [1.82, 2.24) is 0 Å². The van der Waals surface area contributed by atoms with E-state index in [2.05, 4.69) is 0 Å². The van der Waals surface area contributed by atoms with Gasteiger partial charge in [0.25, 0.3) is 0 Å². The van der Waals surface area contributed by atoms with Crippen molar-refractivity contribution in [3.63, 3.8) is 0 Å². The molecule has 0 aliphatic heterocycles. The average Bonchev–Trinajstić information content (AvgIpc) is 2.47. The fourth-order valence-corrected chi connectivity index (χ4v) is 2.51. The highest BCUT2D eigenvalue weighted by Gasteiger charge is 2.20. The molecule has 2 aromatic carbocycles. The summed E-state index contributed by atoms with van der Waals surface area (Å²) >= 11 is 0. The van der Waals surface area contributed by atoms with Gasteiger partial charge in [-0.1, -0.05) is 37.3 Å². The van der Waals surface area contributed by atoms with Crippen LogP contribution in [0.4, 0.5) is 10.1 Å². The third kappa shape index (κ3) is 3.48. The molecule has 0 aliphatic carbocycles. The van der Waals surface area contributed by atoms with E-state index in [-0.39, 0.29) is 17.3 Å². The molecular formula is C18H20FNO. The minimum Gasteiger partial charge on any atom is -0.374 e. The summed E-state index contributed by atoms with van der Waals surface area (Å²) in [6, 6.07) is 14.2. The van der Waals surface area contributed by atoms with E-state index in [9.17, 15) is 9.18 Å². The molecule has 21 heavy (non-hydrogen) atoms. The van der Waals surface area contributed by atoms with Gasteiger partial charge in [-0.2, -0.15) is 0 Å². The Balaban J connectivity index is 2.11. The first-order chi connectivity index (χ1) is 10.0. The number of anilines is 1. The Kier molecular flexibility index (Phi) is 4.73. The fraction of sp³-hybridized carbons (Fsp3) is 0.278. The molecule has 1 atom stereocenters. The van der Waals surface area contributed by atoms with E-state index in [0.717, 1.165) is 11.3 Å². The van der Waals surface area contributed by atoms with Gasteiger partial charge in [0.15, 0.2) is 5.78 Å². The molecule has 1 unspecified atom stereocenters. The highest BCUT2D eigenvalue weighted by atomic mass is 19.1. The van der Waals surface area contributed by atoms with E-state index in [1.807, 2.05) is 50.1 Å². The number of aryl methyl sites for hydroxylation is 1. The highest BCUT2D eigenvalue weighted by Crippen LogP contribution is 2.20. The number of rotatable bonds is 5. The Bertz CT molecular complexity index is 639. The topological polar surface area (TPSA) is 20.3 Å². The van der Waals surface area contributed by atoms with E-state index in [1.54, 1.807) is 18.2 Å². The number of ketones is 1. The van der Waals surface area contributed by atoms with Crippen LogP contribution in [-0.4, -0.2) is 19.4 Å². The second kappa shape index (κ2) is 6.53. The summed E-state index contributed by atoms with van der Waals surface area (Å²) in [5, 5.41) is 0. The maximum absolute atomic E-state index is 13.7. The molecule has 2 rings (SSSR count). The second-order valence-corrected chi connectivity index (χ2v) is 5.41. The van der Waals surface area contributed by atoms with Gasteiger partial charge in [0.1, 0.15) is 5.82 Å². The van der Waals surface area contributed by atoms with Gasteiger partial charge in [-0.05, 0) is 30.7 Å². The van der Waals surface area contributed by atoms with Crippen LogP contribution in [0.5, 0.6) is 0 Å². The van der Waals surface area contributed by atoms with Crippen LogP contribution in [0.1, 0.15) is 22.8 Å². The van der Waals surface area contributed by atoms with E-state index >= 15 is 0 Å². The number of para-hydroxylation sites is 1. The van der Waals surface area contributed by atoms with Crippen molar-refractivity contribution in [1.29, 1.82) is 0 Å². The van der Waals surface area contributed by atoms with Crippen LogP contribution in [0.2, 0.25) is 0 Å². The first-order valence-electron chi connectivity index (χ1n) is 7.06. The number of carbonyl (C=O) groups is 1. The zero-order valence-electron chi connectivity index (χ0n) is 12.6. The van der Waals surface area contributed by atoms with Gasteiger partial charge in [-0.15, -0.1) is 0 Å². The molecule has 0 aromatic heterocycles. The van der Waals surface area contributed by atoms with E-state index in [4.69, 9.17) is 0 Å². The molecule has 2 nitrogen and oxygen atoms in total. The van der Waals surface area contributed by atoms with Gasteiger partial charge >= 0.3 is 0 Å². The predicted molar refractivity (Wildman–Crippen MR) is 84.3 cm³/mol. The summed E-state index contributed by atoms with van der Waals surface area (Å²) in [7, 11) is 1.95. The van der Waals surface area contributed by atoms with Gasteiger partial charge in [0.2, 0.25) is 0 Å². The molecule has 0 amide bonds. The van der Waals surface area contributed by atoms with E-state index < -0.39 is 5.82 Å². The lowest BCUT2D eigenvalue weighted by atomic mass is 9.98. The van der Waals surface area contributed by atoms with Gasteiger partial charge in [0, 0.05) is 25.2 Å². The molecular weight excluding hydrogens is 265 g/mol. The molecule has 3 heteroatoms. The lowest BCUT2D eigenvalue weighted by molar-refractivity contribution is 0.0929. The van der Waals surface area contributed by atoms with Crippen molar-refractivity contribution in [3.05, 3.63) is 65.5 Å². The molecule has 2 aromatic rings. The third-order valence-electron chi connectivity index (χ3n) is 3.66. The van der Waals surface area contributed by atoms with Crippen molar-refractivity contribution in [2.75, 3.05) is 18.5 Å². The summed E-state index contributed by atoms with van der Waals surface area (Å²) in [4.78, 5) is 14.4. The van der Waals surface area contributed by atoms with Crippen LogP contribution in [0.3, 0.4) is 0 Å². The number of nitrogens with zero attached hydrogens (tertiary/aromatic N) is 1. The van der Waals surface area contributed by atoms with Gasteiger partial charge in [-0.3, -0.25) is 4.79 Å². The van der Waals surface area contributed by atoms with Crippen LogP contribution in [0.25, 0.3) is 0 Å². The van der Waals surface area contributed by atoms with Crippen LogP contribution in [0.15, 0.2) is 48.5 Å². The zero-order valence-corrected chi connectivity index (χ0v) is 12.6. The Labute approximate surface area is 125 Å². The molecule has 110 valence electrons. The van der Waals surface area contributed by atoms with Crippen molar-refractivity contribution < 1.29 is 9.18 Å². The highest BCUT2D eigenvalue weighted by molar-refractivity contribution is 5.98. The number of hydrogen-bond acceptors (Lipinski definition) is 2. The third-order valence-corrected chi connectivity index (χ3v) is 3.66. The lowest BCUT2D eigenvalue weighted by Crippen LogP contribution is -2.29. The Hall–Kier alpha value is -2.16. The summed E-state index contributed by atoms with van der Waals surface area (Å²) in [6.45, 7) is 4.43. The number of Topliss-reactive ketones (excluding diaryl/α,β-unsaturated/α-hetero) is 1. The first kappa shape index (κ1) is 15.2. The largest absolute Gasteiger partial charge is 0.374 e. The predicted octanol–water partition coefficient (Wildman–Crippen LogP) is 4.09. The minimum absolute atomic E-state index is 0.159. The van der Waals surface area contributed by atoms with Crippen LogP contribution >= 0.6 is 0 Å². The summed E-state index contributed by atoms with van der Waals surface area (Å²) < 4.78 is 13.7. The van der Waals surface area contributed by atoms with E-state index in [1.165, 1.54) is 6.07 Å². The Morgan fingerprint density at radius 3 is 2.43 bits per heavy atom. The normalized spacial score (nSPS) is 12.0. The summed E-state index contributed by atoms with van der Waals surface area (Å²) in [5.41, 5.74) is 2.42. The average molecular weight is 285 g/mol. The van der Waals surface area contributed by atoms with E-state index in [0.29, 0.717) is 6.54 Å². The molecule has 0 saturated carbocycles. The number of carbonyl (C=O) groups excluding carboxylic acids is 1. The molecule has 0 radical (unpaired) electrons. The monoisotopic (exact) mass is 285 g/mol. The van der Waals surface area contributed by atoms with Crippen molar-refractivity contribution in [2.45, 2.75) is 13.8 Å². The maximum atomic E-state index is 13.7. The molecule has 0 aliphatic rings. The van der Waals surface area contributed by atoms with Crippen LogP contribution in [0, 0.1) is 18.7 Å². The second-order valence-electron chi connectivity index (χ2n) is 5.41. The molecule has 0 N–H and O–H groups in total. The number of halogens is 1. The molecule has 0 saturated heterocycles. The molecule has 0 bridgehead atoms. The van der Waals surface area contributed by atoms with Crippen LogP contribution in [-0.2, 0) is 0 Å². The van der Waals surface area contributed by atoms with Gasteiger partial charge < -0.3 is 4.90 Å². The maximum Gasteiger partial charge on any atom is 0.170 e. The fourth-order valence-electron chi connectivity index (χ4n) is 2.51. The quantitative estimate of drug-likeness (QED) is 0.771.